The molecule has 1 aliphatic rings. The maximum atomic E-state index is 11.3. The second kappa shape index (κ2) is 5.23. The lowest BCUT2D eigenvalue weighted by Gasteiger charge is -2.16. The van der Waals surface area contributed by atoms with E-state index in [2.05, 4.69) is 10.1 Å². The monoisotopic (exact) mass is 251 g/mol. The molecule has 0 bridgehead atoms. The number of nitrogens with one attached hydrogen (secondary N) is 1. The summed E-state index contributed by atoms with van der Waals surface area (Å²) in [6, 6.07) is 5.70. The predicted molar refractivity (Wildman–Crippen MR) is 66.1 cm³/mol. The zero-order chi connectivity index (χ0) is 12.3. The highest BCUT2D eigenvalue weighted by Crippen LogP contribution is 2.31. The third kappa shape index (κ3) is 2.79. The number of esters is 1. The molecule has 5 heteroatoms. The molecule has 0 saturated heterocycles. The smallest absolute Gasteiger partial charge is 0.396 e. The Morgan fingerprint density at radius 3 is 3.00 bits per heavy atom. The Labute approximate surface area is 104 Å². The van der Waals surface area contributed by atoms with E-state index in [0.717, 1.165) is 18.6 Å². The van der Waals surface area contributed by atoms with Gasteiger partial charge in [0.05, 0.1) is 7.11 Å². The zero-order valence-electron chi connectivity index (χ0n) is 9.49. The SMILES string of the molecule is COC(=O)C(=O)Nc1ccc2c(c1)CCCS2. The molecule has 0 aliphatic carbocycles. The van der Waals surface area contributed by atoms with Crippen LogP contribution in [0.1, 0.15) is 12.0 Å². The van der Waals surface area contributed by atoms with Crippen molar-refractivity contribution >= 4 is 29.3 Å². The number of hydrogen-bond donors (Lipinski definition) is 1. The standard InChI is InChI=1S/C12H13NO3S/c1-16-12(15)11(14)13-9-4-5-10-8(7-9)3-2-6-17-10/h4-5,7H,2-3,6H2,1H3,(H,13,14). The number of fused-ring (bicyclic) bond motifs is 1. The molecule has 0 radical (unpaired) electrons. The number of anilines is 1. The molecule has 1 amide bonds. The van der Waals surface area contributed by atoms with Gasteiger partial charge in [-0.25, -0.2) is 4.79 Å². The fourth-order valence-corrected chi connectivity index (χ4v) is 2.73. The van der Waals surface area contributed by atoms with Crippen molar-refractivity contribution in [2.45, 2.75) is 17.7 Å². The summed E-state index contributed by atoms with van der Waals surface area (Å²) in [5, 5.41) is 2.52. The average Bonchev–Trinajstić information content (AvgIpc) is 2.37. The highest BCUT2D eigenvalue weighted by atomic mass is 32.2. The average molecular weight is 251 g/mol. The molecular weight excluding hydrogens is 238 g/mol. The minimum absolute atomic E-state index is 0.640. The minimum atomic E-state index is -0.878. The molecule has 1 N–H and O–H groups in total. The van der Waals surface area contributed by atoms with Gasteiger partial charge in [0.1, 0.15) is 0 Å². The van der Waals surface area contributed by atoms with E-state index in [1.54, 1.807) is 6.07 Å². The summed E-state index contributed by atoms with van der Waals surface area (Å²) in [6.07, 6.45) is 2.16. The quantitative estimate of drug-likeness (QED) is 0.611. The Bertz CT molecular complexity index is 459. The summed E-state index contributed by atoms with van der Waals surface area (Å²) in [7, 11) is 1.19. The molecule has 0 spiro atoms. The Morgan fingerprint density at radius 2 is 2.24 bits per heavy atom. The summed E-state index contributed by atoms with van der Waals surface area (Å²) >= 11 is 1.82. The van der Waals surface area contributed by atoms with Gasteiger partial charge in [0.15, 0.2) is 0 Å². The molecule has 1 heterocycles. The van der Waals surface area contributed by atoms with Crippen molar-refractivity contribution in [1.82, 2.24) is 0 Å². The molecule has 2 rings (SSSR count). The lowest BCUT2D eigenvalue weighted by molar-refractivity contribution is -0.150. The van der Waals surface area contributed by atoms with Crippen molar-refractivity contribution in [2.24, 2.45) is 0 Å². The first-order chi connectivity index (χ1) is 8.20. The molecule has 0 unspecified atom stereocenters. The van der Waals surface area contributed by atoms with Crippen molar-refractivity contribution in [2.75, 3.05) is 18.2 Å². The Balaban J connectivity index is 2.12. The number of ether oxygens (including phenoxy) is 1. The maximum Gasteiger partial charge on any atom is 0.396 e. The topological polar surface area (TPSA) is 55.4 Å². The van der Waals surface area contributed by atoms with Gasteiger partial charge in [-0.05, 0) is 42.4 Å². The number of hydrogen-bond acceptors (Lipinski definition) is 4. The van der Waals surface area contributed by atoms with Crippen LogP contribution in [-0.2, 0) is 20.7 Å². The Hall–Kier alpha value is -1.49. The van der Waals surface area contributed by atoms with E-state index >= 15 is 0 Å². The number of methoxy groups -OCH3 is 1. The third-order valence-corrected chi connectivity index (χ3v) is 3.74. The number of rotatable bonds is 1. The van der Waals surface area contributed by atoms with Crippen LogP contribution in [0.5, 0.6) is 0 Å². The summed E-state index contributed by atoms with van der Waals surface area (Å²) < 4.78 is 4.34. The molecule has 1 aromatic rings. The number of thioether (sulfide) groups is 1. The highest BCUT2D eigenvalue weighted by molar-refractivity contribution is 7.99. The number of aryl methyl sites for hydroxylation is 1. The van der Waals surface area contributed by atoms with E-state index in [-0.39, 0.29) is 0 Å². The normalized spacial score (nSPS) is 13.7. The van der Waals surface area contributed by atoms with E-state index in [0.29, 0.717) is 5.69 Å². The summed E-state index contributed by atoms with van der Waals surface area (Å²) in [5.74, 6) is -0.478. The molecule has 0 aromatic heterocycles. The van der Waals surface area contributed by atoms with Gasteiger partial charge >= 0.3 is 11.9 Å². The number of carbonyl (C=O) groups excluding carboxylic acids is 2. The van der Waals surface area contributed by atoms with E-state index in [4.69, 9.17) is 0 Å². The van der Waals surface area contributed by atoms with Crippen molar-refractivity contribution < 1.29 is 14.3 Å². The van der Waals surface area contributed by atoms with Gasteiger partial charge in [0, 0.05) is 10.6 Å². The molecule has 0 fully saturated rings. The van der Waals surface area contributed by atoms with Crippen molar-refractivity contribution in [1.29, 1.82) is 0 Å². The largest absolute Gasteiger partial charge is 0.462 e. The second-order valence-electron chi connectivity index (χ2n) is 3.72. The van der Waals surface area contributed by atoms with Gasteiger partial charge in [-0.3, -0.25) is 4.79 Å². The molecule has 0 saturated carbocycles. The van der Waals surface area contributed by atoms with Crippen LogP contribution in [0.3, 0.4) is 0 Å². The third-order valence-electron chi connectivity index (χ3n) is 2.54. The lowest BCUT2D eigenvalue weighted by Crippen LogP contribution is -2.23. The Kier molecular flexibility index (Phi) is 3.68. The van der Waals surface area contributed by atoms with E-state index in [1.165, 1.54) is 17.6 Å². The molecule has 4 nitrogen and oxygen atoms in total. The van der Waals surface area contributed by atoms with Gasteiger partial charge in [-0.2, -0.15) is 0 Å². The first-order valence-corrected chi connectivity index (χ1v) is 6.34. The van der Waals surface area contributed by atoms with Gasteiger partial charge in [-0.1, -0.05) is 0 Å². The van der Waals surface area contributed by atoms with Crippen molar-refractivity contribution in [3.8, 4) is 0 Å². The van der Waals surface area contributed by atoms with E-state index < -0.39 is 11.9 Å². The number of amides is 1. The van der Waals surface area contributed by atoms with Crippen LogP contribution in [0, 0.1) is 0 Å². The summed E-state index contributed by atoms with van der Waals surface area (Å²) in [6.45, 7) is 0. The molecule has 90 valence electrons. The van der Waals surface area contributed by atoms with Crippen LogP contribution in [0.2, 0.25) is 0 Å². The summed E-state index contributed by atoms with van der Waals surface area (Å²) in [4.78, 5) is 23.5. The van der Waals surface area contributed by atoms with Crippen LogP contribution >= 0.6 is 11.8 Å². The van der Waals surface area contributed by atoms with Crippen LogP contribution in [-0.4, -0.2) is 24.7 Å². The van der Waals surface area contributed by atoms with E-state index in [1.807, 2.05) is 23.9 Å². The molecule has 17 heavy (non-hydrogen) atoms. The number of benzene rings is 1. The van der Waals surface area contributed by atoms with Crippen molar-refractivity contribution in [3.63, 3.8) is 0 Å². The van der Waals surface area contributed by atoms with Gasteiger partial charge < -0.3 is 10.1 Å². The second-order valence-corrected chi connectivity index (χ2v) is 4.86. The molecule has 1 aromatic carbocycles. The lowest BCUT2D eigenvalue weighted by atomic mass is 10.1. The minimum Gasteiger partial charge on any atom is -0.462 e. The van der Waals surface area contributed by atoms with Gasteiger partial charge in [0.2, 0.25) is 0 Å². The predicted octanol–water partition coefficient (Wildman–Crippen LogP) is 1.84. The molecular formula is C12H13NO3S. The maximum absolute atomic E-state index is 11.3. The van der Waals surface area contributed by atoms with Crippen LogP contribution in [0.25, 0.3) is 0 Å². The van der Waals surface area contributed by atoms with Gasteiger partial charge in [0.25, 0.3) is 0 Å². The molecule has 1 aliphatic heterocycles. The summed E-state index contributed by atoms with van der Waals surface area (Å²) in [5.41, 5.74) is 1.87. The van der Waals surface area contributed by atoms with Crippen molar-refractivity contribution in [3.05, 3.63) is 23.8 Å². The Morgan fingerprint density at radius 1 is 1.41 bits per heavy atom. The fourth-order valence-electron chi connectivity index (χ4n) is 1.71. The highest BCUT2D eigenvalue weighted by Gasteiger charge is 2.15. The zero-order valence-corrected chi connectivity index (χ0v) is 10.3. The van der Waals surface area contributed by atoms with Crippen LogP contribution in [0.4, 0.5) is 5.69 Å². The molecule has 0 atom stereocenters. The van der Waals surface area contributed by atoms with Crippen LogP contribution < -0.4 is 5.32 Å². The fraction of sp³-hybridized carbons (Fsp3) is 0.333. The first kappa shape index (κ1) is 12.0. The van der Waals surface area contributed by atoms with E-state index in [9.17, 15) is 9.59 Å². The van der Waals surface area contributed by atoms with Crippen LogP contribution in [0.15, 0.2) is 23.1 Å². The number of carbonyl (C=O) groups is 2. The van der Waals surface area contributed by atoms with Gasteiger partial charge in [-0.15, -0.1) is 11.8 Å². The first-order valence-electron chi connectivity index (χ1n) is 5.36.